The molecule has 0 bridgehead atoms. The Morgan fingerprint density at radius 3 is 2.48 bits per heavy atom. The fourth-order valence-corrected chi connectivity index (χ4v) is 3.52. The number of piperazine rings is 1. The van der Waals surface area contributed by atoms with E-state index in [9.17, 15) is 4.79 Å². The highest BCUT2D eigenvalue weighted by Gasteiger charge is 2.23. The predicted molar refractivity (Wildman–Crippen MR) is 111 cm³/mol. The zero-order valence-corrected chi connectivity index (χ0v) is 16.8. The molecule has 1 aromatic carbocycles. The van der Waals surface area contributed by atoms with Gasteiger partial charge in [-0.15, -0.1) is 10.2 Å². The van der Waals surface area contributed by atoms with Crippen molar-refractivity contribution in [3.63, 3.8) is 0 Å². The summed E-state index contributed by atoms with van der Waals surface area (Å²) in [6.07, 6.45) is 0. The lowest BCUT2D eigenvalue weighted by Crippen LogP contribution is -2.50. The third kappa shape index (κ3) is 4.13. The molecule has 2 aliphatic heterocycles. The lowest BCUT2D eigenvalue weighted by molar-refractivity contribution is 0.174. The van der Waals surface area contributed by atoms with Gasteiger partial charge in [0.2, 0.25) is 6.79 Å². The van der Waals surface area contributed by atoms with Crippen LogP contribution in [-0.4, -0.2) is 67.2 Å². The third-order valence-corrected chi connectivity index (χ3v) is 5.24. The van der Waals surface area contributed by atoms with Crippen LogP contribution in [0.1, 0.15) is 13.8 Å². The van der Waals surface area contributed by atoms with Crippen LogP contribution in [0.25, 0.3) is 0 Å². The van der Waals surface area contributed by atoms with E-state index >= 15 is 0 Å². The van der Waals surface area contributed by atoms with Crippen molar-refractivity contribution in [1.82, 2.24) is 15.1 Å². The molecular formula is C20H26N6O3. The maximum atomic E-state index is 12.6. The summed E-state index contributed by atoms with van der Waals surface area (Å²) in [5.74, 6) is 3.08. The van der Waals surface area contributed by atoms with Gasteiger partial charge < -0.3 is 29.5 Å². The fourth-order valence-electron chi connectivity index (χ4n) is 3.52. The summed E-state index contributed by atoms with van der Waals surface area (Å²) in [4.78, 5) is 18.7. The number of aromatic nitrogens is 2. The topological polar surface area (TPSA) is 83.1 Å². The van der Waals surface area contributed by atoms with E-state index < -0.39 is 0 Å². The second-order valence-corrected chi connectivity index (χ2v) is 6.89. The minimum absolute atomic E-state index is 0.119. The maximum absolute atomic E-state index is 12.6. The van der Waals surface area contributed by atoms with Gasteiger partial charge >= 0.3 is 6.03 Å². The van der Waals surface area contributed by atoms with E-state index in [1.54, 1.807) is 17.0 Å². The molecule has 1 N–H and O–H groups in total. The molecule has 2 aliphatic rings. The number of hydrogen-bond acceptors (Lipinski definition) is 7. The van der Waals surface area contributed by atoms with Crippen molar-refractivity contribution in [2.24, 2.45) is 0 Å². The Hall–Kier alpha value is -3.23. The average Bonchev–Trinajstić information content (AvgIpc) is 3.23. The predicted octanol–water partition coefficient (Wildman–Crippen LogP) is 2.41. The summed E-state index contributed by atoms with van der Waals surface area (Å²) in [5, 5.41) is 11.7. The molecule has 0 saturated carbocycles. The monoisotopic (exact) mass is 398 g/mol. The first-order chi connectivity index (χ1) is 14.2. The van der Waals surface area contributed by atoms with E-state index in [4.69, 9.17) is 9.47 Å². The number of nitrogens with one attached hydrogen (secondary N) is 1. The number of anilines is 3. The Bertz CT molecular complexity index is 848. The Morgan fingerprint density at radius 1 is 1.03 bits per heavy atom. The molecule has 0 spiro atoms. The Morgan fingerprint density at radius 2 is 1.79 bits per heavy atom. The van der Waals surface area contributed by atoms with Crippen molar-refractivity contribution in [3.05, 3.63) is 30.3 Å². The Balaban J connectivity index is 1.31. The molecule has 1 aromatic heterocycles. The number of benzene rings is 1. The zero-order valence-electron chi connectivity index (χ0n) is 16.8. The Labute approximate surface area is 170 Å². The van der Waals surface area contributed by atoms with Gasteiger partial charge in [0, 0.05) is 51.0 Å². The number of ether oxygens (including phenoxy) is 2. The van der Waals surface area contributed by atoms with Crippen molar-refractivity contribution >= 4 is 23.4 Å². The van der Waals surface area contributed by atoms with E-state index in [0.717, 1.165) is 24.7 Å². The van der Waals surface area contributed by atoms with E-state index in [0.29, 0.717) is 43.4 Å². The molecule has 0 aliphatic carbocycles. The van der Waals surface area contributed by atoms with Gasteiger partial charge in [-0.2, -0.15) is 0 Å². The molecule has 2 aromatic rings. The number of carbonyl (C=O) groups is 1. The molecule has 1 fully saturated rings. The minimum Gasteiger partial charge on any atom is -0.454 e. The molecule has 1 saturated heterocycles. The number of rotatable bonds is 5. The van der Waals surface area contributed by atoms with Crippen LogP contribution in [0.4, 0.5) is 22.1 Å². The summed E-state index contributed by atoms with van der Waals surface area (Å²) < 4.78 is 10.7. The van der Waals surface area contributed by atoms with Crippen LogP contribution < -0.4 is 24.6 Å². The molecule has 0 radical (unpaired) electrons. The standard InChI is InChI=1S/C20H26N6O3/c1-3-24(4-2)18-7-8-19(23-22-18)25-9-11-26(12-10-25)20(27)21-15-5-6-16-17(13-15)29-14-28-16/h5-8,13H,3-4,9-12,14H2,1-2H3,(H,21,27). The number of fused-ring (bicyclic) bond motifs is 1. The molecule has 9 heteroatoms. The molecule has 4 rings (SSSR count). The van der Waals surface area contributed by atoms with Gasteiger partial charge in [-0.25, -0.2) is 4.79 Å². The van der Waals surface area contributed by atoms with Crippen molar-refractivity contribution in [2.75, 3.05) is 61.2 Å². The fraction of sp³-hybridized carbons (Fsp3) is 0.450. The summed E-state index contributed by atoms with van der Waals surface area (Å²) in [6, 6.07) is 9.29. The highest BCUT2D eigenvalue weighted by atomic mass is 16.7. The number of urea groups is 1. The molecule has 0 atom stereocenters. The molecule has 2 amide bonds. The smallest absolute Gasteiger partial charge is 0.321 e. The van der Waals surface area contributed by atoms with Crippen molar-refractivity contribution in [2.45, 2.75) is 13.8 Å². The van der Waals surface area contributed by atoms with Crippen LogP contribution in [0.5, 0.6) is 11.5 Å². The number of nitrogens with zero attached hydrogens (tertiary/aromatic N) is 5. The van der Waals surface area contributed by atoms with E-state index in [-0.39, 0.29) is 12.8 Å². The SMILES string of the molecule is CCN(CC)c1ccc(N2CCN(C(=O)Nc3ccc4c(c3)OCO4)CC2)nn1. The second kappa shape index (κ2) is 8.42. The maximum Gasteiger partial charge on any atom is 0.321 e. The minimum atomic E-state index is -0.119. The van der Waals surface area contributed by atoms with E-state index in [1.165, 1.54) is 0 Å². The summed E-state index contributed by atoms with van der Waals surface area (Å²) in [6.45, 7) is 8.91. The van der Waals surface area contributed by atoms with Gasteiger partial charge in [0.15, 0.2) is 23.1 Å². The molecule has 154 valence electrons. The highest BCUT2D eigenvalue weighted by Crippen LogP contribution is 2.34. The average molecular weight is 398 g/mol. The normalized spacial score (nSPS) is 15.4. The Kier molecular flexibility index (Phi) is 5.55. The van der Waals surface area contributed by atoms with Gasteiger partial charge in [0.1, 0.15) is 0 Å². The molecule has 3 heterocycles. The first-order valence-electron chi connectivity index (χ1n) is 9.97. The molecule has 0 unspecified atom stereocenters. The van der Waals surface area contributed by atoms with Gasteiger partial charge in [-0.05, 0) is 38.1 Å². The van der Waals surface area contributed by atoms with Crippen molar-refractivity contribution in [1.29, 1.82) is 0 Å². The van der Waals surface area contributed by atoms with Gasteiger partial charge in [-0.1, -0.05) is 0 Å². The van der Waals surface area contributed by atoms with E-state index in [2.05, 4.69) is 39.2 Å². The van der Waals surface area contributed by atoms with Crippen LogP contribution >= 0.6 is 0 Å². The van der Waals surface area contributed by atoms with Gasteiger partial charge in [0.25, 0.3) is 0 Å². The van der Waals surface area contributed by atoms with Crippen molar-refractivity contribution < 1.29 is 14.3 Å². The second-order valence-electron chi connectivity index (χ2n) is 6.89. The molecule has 9 nitrogen and oxygen atoms in total. The summed E-state index contributed by atoms with van der Waals surface area (Å²) >= 11 is 0. The quantitative estimate of drug-likeness (QED) is 0.828. The molecule has 29 heavy (non-hydrogen) atoms. The number of amides is 2. The van der Waals surface area contributed by atoms with Gasteiger partial charge in [0.05, 0.1) is 0 Å². The lowest BCUT2D eigenvalue weighted by atomic mass is 10.2. The number of hydrogen-bond donors (Lipinski definition) is 1. The van der Waals surface area contributed by atoms with Crippen LogP contribution in [0, 0.1) is 0 Å². The van der Waals surface area contributed by atoms with E-state index in [1.807, 2.05) is 18.2 Å². The summed E-state index contributed by atoms with van der Waals surface area (Å²) in [7, 11) is 0. The van der Waals surface area contributed by atoms with Crippen LogP contribution in [0.15, 0.2) is 30.3 Å². The lowest BCUT2D eigenvalue weighted by Gasteiger charge is -2.35. The first-order valence-corrected chi connectivity index (χ1v) is 9.97. The third-order valence-electron chi connectivity index (χ3n) is 5.24. The van der Waals surface area contributed by atoms with Crippen molar-refractivity contribution in [3.8, 4) is 11.5 Å². The first kappa shape index (κ1) is 19.1. The van der Waals surface area contributed by atoms with Crippen LogP contribution in [0.3, 0.4) is 0 Å². The largest absolute Gasteiger partial charge is 0.454 e. The van der Waals surface area contributed by atoms with Crippen LogP contribution in [-0.2, 0) is 0 Å². The number of carbonyl (C=O) groups excluding carboxylic acids is 1. The zero-order chi connectivity index (χ0) is 20.2. The van der Waals surface area contributed by atoms with Crippen LogP contribution in [0.2, 0.25) is 0 Å². The highest BCUT2D eigenvalue weighted by molar-refractivity contribution is 5.90. The molecular weight excluding hydrogens is 372 g/mol. The van der Waals surface area contributed by atoms with Gasteiger partial charge in [-0.3, -0.25) is 0 Å². The summed E-state index contributed by atoms with van der Waals surface area (Å²) in [5.41, 5.74) is 0.694.